The van der Waals surface area contributed by atoms with Gasteiger partial charge in [-0.15, -0.1) is 11.8 Å². The number of nitrogens with one attached hydrogen (secondary N) is 1. The third-order valence-electron chi connectivity index (χ3n) is 8.14. The van der Waals surface area contributed by atoms with Crippen LogP contribution in [-0.2, 0) is 16.1 Å². The SMILES string of the molecule is COc1ccc(OC)c([C@@H]2SCC(=O)N(CC(=O)NCc3ccc(F)cc3)c3c2c(-c2ccccc2)nn3-c2ccc(C)cc2C)c1. The van der Waals surface area contributed by atoms with Crippen molar-refractivity contribution in [2.45, 2.75) is 25.6 Å². The number of hydrogen-bond donors (Lipinski definition) is 1. The van der Waals surface area contributed by atoms with Crippen molar-refractivity contribution < 1.29 is 23.5 Å². The lowest BCUT2D eigenvalue weighted by Gasteiger charge is -2.24. The lowest BCUT2D eigenvalue weighted by Crippen LogP contribution is -2.42. The van der Waals surface area contributed by atoms with E-state index in [-0.39, 0.29) is 36.5 Å². The Hall–Kier alpha value is -5.09. The van der Waals surface area contributed by atoms with Gasteiger partial charge >= 0.3 is 0 Å². The van der Waals surface area contributed by atoms with Gasteiger partial charge in [0, 0.05) is 23.2 Å². The number of benzene rings is 4. The minimum atomic E-state index is -0.402. The van der Waals surface area contributed by atoms with Crippen LogP contribution < -0.4 is 19.7 Å². The van der Waals surface area contributed by atoms with E-state index in [4.69, 9.17) is 14.6 Å². The molecular weight excluding hydrogens is 615 g/mol. The van der Waals surface area contributed by atoms with Gasteiger partial charge in [0.05, 0.1) is 36.6 Å². The van der Waals surface area contributed by atoms with Gasteiger partial charge in [0.15, 0.2) is 0 Å². The number of ether oxygens (including phenoxy) is 2. The molecule has 0 bridgehead atoms. The Bertz CT molecular complexity index is 1930. The van der Waals surface area contributed by atoms with Crippen molar-refractivity contribution in [2.75, 3.05) is 31.4 Å². The Morgan fingerprint density at radius 2 is 1.74 bits per heavy atom. The fraction of sp³-hybridized carbons (Fsp3) is 0.216. The molecule has 4 aromatic carbocycles. The molecule has 1 aromatic heterocycles. The summed E-state index contributed by atoms with van der Waals surface area (Å²) in [5, 5.41) is 7.70. The number of rotatable bonds is 9. The number of halogens is 1. The molecule has 2 heterocycles. The molecule has 0 unspecified atom stereocenters. The Balaban J connectivity index is 1.55. The van der Waals surface area contributed by atoms with Crippen LogP contribution in [0.1, 0.15) is 33.1 Å². The van der Waals surface area contributed by atoms with E-state index in [1.165, 1.54) is 28.8 Å². The van der Waals surface area contributed by atoms with E-state index in [9.17, 15) is 14.0 Å². The van der Waals surface area contributed by atoms with E-state index < -0.39 is 5.25 Å². The maximum atomic E-state index is 14.1. The molecule has 0 radical (unpaired) electrons. The molecule has 0 saturated carbocycles. The number of amides is 2. The van der Waals surface area contributed by atoms with Crippen molar-refractivity contribution in [1.29, 1.82) is 0 Å². The first-order valence-corrected chi connectivity index (χ1v) is 16.2. The molecule has 1 atom stereocenters. The van der Waals surface area contributed by atoms with Crippen LogP contribution in [0.25, 0.3) is 16.9 Å². The Morgan fingerprint density at radius 3 is 2.45 bits per heavy atom. The number of hydrogen-bond acceptors (Lipinski definition) is 6. The molecule has 0 aliphatic carbocycles. The van der Waals surface area contributed by atoms with E-state index in [0.29, 0.717) is 23.0 Å². The monoisotopic (exact) mass is 650 g/mol. The second-order valence-electron chi connectivity index (χ2n) is 11.3. The number of nitrogens with zero attached hydrogens (tertiary/aromatic N) is 3. The second kappa shape index (κ2) is 13.7. The molecule has 10 heteroatoms. The molecule has 0 saturated heterocycles. The van der Waals surface area contributed by atoms with Crippen LogP contribution in [-0.4, -0.2) is 48.1 Å². The molecule has 0 fully saturated rings. The minimum absolute atomic E-state index is 0.103. The molecule has 1 N–H and O–H groups in total. The number of aryl methyl sites for hydroxylation is 2. The first-order chi connectivity index (χ1) is 22.8. The first-order valence-electron chi connectivity index (χ1n) is 15.2. The quantitative estimate of drug-likeness (QED) is 0.189. The third kappa shape index (κ3) is 6.59. The first kappa shape index (κ1) is 31.9. The van der Waals surface area contributed by atoms with Crippen LogP contribution in [0.4, 0.5) is 10.2 Å². The smallest absolute Gasteiger partial charge is 0.240 e. The van der Waals surface area contributed by atoms with Crippen LogP contribution in [0.2, 0.25) is 0 Å². The fourth-order valence-electron chi connectivity index (χ4n) is 5.83. The topological polar surface area (TPSA) is 85.7 Å². The molecule has 2 amide bonds. The summed E-state index contributed by atoms with van der Waals surface area (Å²) >= 11 is 1.46. The van der Waals surface area contributed by atoms with Crippen LogP contribution in [0.15, 0.2) is 91.0 Å². The highest BCUT2D eigenvalue weighted by molar-refractivity contribution is 8.00. The molecule has 5 aromatic rings. The summed E-state index contributed by atoms with van der Waals surface area (Å²) in [6, 6.07) is 27.5. The van der Waals surface area contributed by atoms with Gasteiger partial charge in [0.1, 0.15) is 29.7 Å². The number of anilines is 1. The van der Waals surface area contributed by atoms with Gasteiger partial charge in [-0.2, -0.15) is 5.10 Å². The highest BCUT2D eigenvalue weighted by atomic mass is 32.2. The van der Waals surface area contributed by atoms with Crippen molar-refractivity contribution in [1.82, 2.24) is 15.1 Å². The molecule has 1 aliphatic heterocycles. The zero-order valence-corrected chi connectivity index (χ0v) is 27.4. The molecule has 6 rings (SSSR count). The predicted molar refractivity (Wildman–Crippen MR) is 183 cm³/mol. The molecular formula is C37H35FN4O4S. The van der Waals surface area contributed by atoms with Gasteiger partial charge in [-0.1, -0.05) is 60.2 Å². The Labute approximate surface area is 277 Å². The number of methoxy groups -OCH3 is 2. The van der Waals surface area contributed by atoms with Crippen molar-refractivity contribution in [3.05, 3.63) is 125 Å². The molecule has 8 nitrogen and oxygen atoms in total. The third-order valence-corrected chi connectivity index (χ3v) is 9.38. The zero-order chi connectivity index (χ0) is 33.1. The van der Waals surface area contributed by atoms with Gasteiger partial charge in [-0.25, -0.2) is 9.07 Å². The van der Waals surface area contributed by atoms with E-state index in [2.05, 4.69) is 11.4 Å². The van der Waals surface area contributed by atoms with Crippen molar-refractivity contribution in [3.63, 3.8) is 0 Å². The normalized spacial score (nSPS) is 14.4. The lowest BCUT2D eigenvalue weighted by molar-refractivity contribution is -0.123. The summed E-state index contributed by atoms with van der Waals surface area (Å²) in [7, 11) is 3.23. The summed E-state index contributed by atoms with van der Waals surface area (Å²) in [4.78, 5) is 29.2. The highest BCUT2D eigenvalue weighted by Gasteiger charge is 2.39. The minimum Gasteiger partial charge on any atom is -0.497 e. The summed E-state index contributed by atoms with van der Waals surface area (Å²) in [6.07, 6.45) is 0. The van der Waals surface area contributed by atoms with Gasteiger partial charge in [-0.05, 0) is 61.4 Å². The summed E-state index contributed by atoms with van der Waals surface area (Å²) < 4.78 is 26.7. The maximum absolute atomic E-state index is 14.1. The second-order valence-corrected chi connectivity index (χ2v) is 12.4. The lowest BCUT2D eigenvalue weighted by atomic mass is 9.98. The Kier molecular flexibility index (Phi) is 9.31. The highest BCUT2D eigenvalue weighted by Crippen LogP contribution is 2.51. The standard InChI is InChI=1S/C37H35FN4O4S/c1-23-10-16-30(24(2)18-23)42-37-34(35(40-42)26-8-6-5-7-9-26)36(29-19-28(45-3)15-17-31(29)46-4)47-22-33(44)41(37)21-32(43)39-20-25-11-13-27(38)14-12-25/h5-19,36H,20-22H2,1-4H3,(H,39,43)/t36-/m0/s1. The zero-order valence-electron chi connectivity index (χ0n) is 26.6. The number of thioether (sulfide) groups is 1. The van der Waals surface area contributed by atoms with Crippen molar-refractivity contribution in [3.8, 4) is 28.4 Å². The molecule has 1 aliphatic rings. The van der Waals surface area contributed by atoms with Crippen LogP contribution in [0.3, 0.4) is 0 Å². The number of carbonyl (C=O) groups excluding carboxylic acids is 2. The largest absolute Gasteiger partial charge is 0.497 e. The van der Waals surface area contributed by atoms with E-state index in [1.807, 2.05) is 74.5 Å². The maximum Gasteiger partial charge on any atom is 0.240 e. The van der Waals surface area contributed by atoms with Crippen LogP contribution >= 0.6 is 11.8 Å². The number of aromatic nitrogens is 2. The summed E-state index contributed by atoms with van der Waals surface area (Å²) in [5.74, 6) is 0.971. The molecule has 0 spiro atoms. The molecule has 47 heavy (non-hydrogen) atoms. The average Bonchev–Trinajstić information content (AvgIpc) is 3.40. The Morgan fingerprint density at radius 1 is 0.979 bits per heavy atom. The fourth-order valence-corrected chi connectivity index (χ4v) is 7.04. The summed E-state index contributed by atoms with van der Waals surface area (Å²) in [6.45, 7) is 3.99. The van der Waals surface area contributed by atoms with Crippen LogP contribution in [0.5, 0.6) is 11.5 Å². The predicted octanol–water partition coefficient (Wildman–Crippen LogP) is 6.80. The number of carbonyl (C=O) groups is 2. The van der Waals surface area contributed by atoms with Gasteiger partial charge < -0.3 is 14.8 Å². The van der Waals surface area contributed by atoms with E-state index in [1.54, 1.807) is 31.0 Å². The van der Waals surface area contributed by atoms with Gasteiger partial charge in [-0.3, -0.25) is 14.5 Å². The van der Waals surface area contributed by atoms with Gasteiger partial charge in [0.2, 0.25) is 11.8 Å². The summed E-state index contributed by atoms with van der Waals surface area (Å²) in [5.41, 5.74) is 6.77. The van der Waals surface area contributed by atoms with E-state index in [0.717, 1.165) is 39.1 Å². The molecule has 240 valence electrons. The van der Waals surface area contributed by atoms with Gasteiger partial charge in [0.25, 0.3) is 0 Å². The van der Waals surface area contributed by atoms with Crippen molar-refractivity contribution in [2.24, 2.45) is 0 Å². The average molecular weight is 651 g/mol. The van der Waals surface area contributed by atoms with Crippen LogP contribution in [0, 0.1) is 19.7 Å². The number of fused-ring (bicyclic) bond motifs is 1. The van der Waals surface area contributed by atoms with E-state index >= 15 is 0 Å². The van der Waals surface area contributed by atoms with Crippen molar-refractivity contribution >= 4 is 29.4 Å².